The van der Waals surface area contributed by atoms with Crippen molar-refractivity contribution >= 4 is 11.6 Å². The molecule has 0 unspecified atom stereocenters. The number of pyridine rings is 1. The van der Waals surface area contributed by atoms with Crippen LogP contribution in [-0.2, 0) is 11.2 Å². The monoisotopic (exact) mass is 380 g/mol. The number of ether oxygens (including phenoxy) is 2. The zero-order chi connectivity index (χ0) is 19.5. The number of amides is 1. The van der Waals surface area contributed by atoms with Crippen molar-refractivity contribution in [2.24, 2.45) is 0 Å². The maximum Gasteiger partial charge on any atom is 0.227 e. The summed E-state index contributed by atoms with van der Waals surface area (Å²) < 4.78 is 12.6. The normalized spacial score (nSPS) is 16.9. The summed E-state index contributed by atoms with van der Waals surface area (Å²) in [6.45, 7) is 1.45. The van der Waals surface area contributed by atoms with Crippen LogP contribution in [0, 0.1) is 0 Å². The largest absolute Gasteiger partial charge is 0.493 e. The Balaban J connectivity index is 1.48. The molecule has 28 heavy (non-hydrogen) atoms. The second kappa shape index (κ2) is 7.88. The third-order valence-corrected chi connectivity index (χ3v) is 5.28. The van der Waals surface area contributed by atoms with Crippen LogP contribution >= 0.6 is 0 Å². The van der Waals surface area contributed by atoms with Crippen LogP contribution in [0.1, 0.15) is 30.1 Å². The van der Waals surface area contributed by atoms with E-state index in [1.54, 1.807) is 14.2 Å². The van der Waals surface area contributed by atoms with Crippen molar-refractivity contribution in [3.8, 4) is 11.5 Å². The summed E-state index contributed by atoms with van der Waals surface area (Å²) >= 11 is 0. The van der Waals surface area contributed by atoms with Crippen LogP contribution in [0.15, 0.2) is 42.6 Å². The lowest BCUT2D eigenvalue weighted by Gasteiger charge is -2.32. The minimum absolute atomic E-state index is 0.116. The molecule has 1 amide bonds. The molecule has 0 radical (unpaired) electrons. The molecule has 0 spiro atoms. The second-order valence-corrected chi connectivity index (χ2v) is 7.03. The molecule has 146 valence electrons. The number of piperidine rings is 1. The van der Waals surface area contributed by atoms with Crippen LogP contribution < -0.4 is 9.47 Å². The molecule has 0 aliphatic carbocycles. The summed E-state index contributed by atoms with van der Waals surface area (Å²) in [6.07, 6.45) is 4.29. The fourth-order valence-electron chi connectivity index (χ4n) is 3.83. The molecule has 0 N–H and O–H groups in total. The topological polar surface area (TPSA) is 69.0 Å². The van der Waals surface area contributed by atoms with Gasteiger partial charge in [0.1, 0.15) is 5.82 Å². The van der Waals surface area contributed by atoms with Crippen molar-refractivity contribution in [2.45, 2.75) is 25.2 Å². The lowest BCUT2D eigenvalue weighted by molar-refractivity contribution is -0.131. The van der Waals surface area contributed by atoms with Crippen LogP contribution in [0.3, 0.4) is 0 Å². The van der Waals surface area contributed by atoms with Crippen molar-refractivity contribution in [2.75, 3.05) is 27.3 Å². The molecule has 1 atom stereocenters. The Bertz CT molecular complexity index is 985. The molecule has 4 rings (SSSR count). The molecule has 0 bridgehead atoms. The number of nitrogens with zero attached hydrogens (tertiary/aromatic N) is 4. The Kier molecular flexibility index (Phi) is 5.14. The van der Waals surface area contributed by atoms with Crippen LogP contribution in [0.2, 0.25) is 0 Å². The third kappa shape index (κ3) is 3.52. The third-order valence-electron chi connectivity index (χ3n) is 5.28. The van der Waals surface area contributed by atoms with Crippen molar-refractivity contribution in [3.05, 3.63) is 54.0 Å². The number of fused-ring (bicyclic) bond motifs is 1. The summed E-state index contributed by atoms with van der Waals surface area (Å²) in [6, 6.07) is 11.5. The van der Waals surface area contributed by atoms with E-state index >= 15 is 0 Å². The van der Waals surface area contributed by atoms with Gasteiger partial charge in [0.05, 0.1) is 20.6 Å². The summed E-state index contributed by atoms with van der Waals surface area (Å²) in [5.74, 6) is 2.54. The summed E-state index contributed by atoms with van der Waals surface area (Å²) in [7, 11) is 3.20. The van der Waals surface area contributed by atoms with Gasteiger partial charge in [0, 0.05) is 25.2 Å². The Morgan fingerprint density at radius 2 is 2.00 bits per heavy atom. The molecule has 3 aromatic rings. The minimum Gasteiger partial charge on any atom is -0.493 e. The number of aromatic nitrogens is 3. The molecule has 2 aromatic heterocycles. The number of methoxy groups -OCH3 is 2. The van der Waals surface area contributed by atoms with E-state index in [4.69, 9.17) is 9.47 Å². The molecule has 7 nitrogen and oxygen atoms in total. The number of hydrogen-bond donors (Lipinski definition) is 0. The molecule has 0 saturated carbocycles. The number of likely N-dealkylation sites (tertiary alicyclic amines) is 1. The minimum atomic E-state index is 0.116. The molecular formula is C21H24N4O3. The lowest BCUT2D eigenvalue weighted by Crippen LogP contribution is -2.40. The molecule has 1 aliphatic rings. The van der Waals surface area contributed by atoms with Crippen LogP contribution in [0.25, 0.3) is 5.65 Å². The molecular weight excluding hydrogens is 356 g/mol. The van der Waals surface area contributed by atoms with Gasteiger partial charge >= 0.3 is 0 Å². The number of benzene rings is 1. The molecule has 1 fully saturated rings. The van der Waals surface area contributed by atoms with E-state index in [2.05, 4.69) is 10.2 Å². The van der Waals surface area contributed by atoms with E-state index in [0.29, 0.717) is 24.5 Å². The van der Waals surface area contributed by atoms with Gasteiger partial charge in [-0.2, -0.15) is 0 Å². The summed E-state index contributed by atoms with van der Waals surface area (Å²) in [4.78, 5) is 14.9. The Morgan fingerprint density at radius 3 is 2.82 bits per heavy atom. The van der Waals surface area contributed by atoms with Crippen molar-refractivity contribution in [3.63, 3.8) is 0 Å². The first kappa shape index (κ1) is 18.3. The standard InChI is InChI=1S/C21H24N4O3/c1-27-17-9-8-15(12-18(17)28-2)13-20(26)24-10-5-6-16(14-24)21-23-22-19-7-3-4-11-25(19)21/h3-4,7-9,11-12,16H,5-6,10,13-14H2,1-2H3/t16-/m1/s1. The van der Waals surface area contributed by atoms with Crippen LogP contribution in [-0.4, -0.2) is 52.7 Å². The van der Waals surface area contributed by atoms with Gasteiger partial charge in [-0.05, 0) is 42.7 Å². The van der Waals surface area contributed by atoms with Gasteiger partial charge in [-0.3, -0.25) is 9.20 Å². The number of rotatable bonds is 5. The van der Waals surface area contributed by atoms with Gasteiger partial charge in [-0.1, -0.05) is 12.1 Å². The fraction of sp³-hybridized carbons (Fsp3) is 0.381. The SMILES string of the molecule is COc1ccc(CC(=O)N2CCC[C@@H](c3nnc4ccccn34)C2)cc1OC. The highest BCUT2D eigenvalue weighted by Crippen LogP contribution is 2.29. The number of carbonyl (C=O) groups is 1. The van der Waals surface area contributed by atoms with E-state index in [-0.39, 0.29) is 11.8 Å². The summed E-state index contributed by atoms with van der Waals surface area (Å²) in [5.41, 5.74) is 1.75. The van der Waals surface area contributed by atoms with Gasteiger partial charge in [-0.15, -0.1) is 10.2 Å². The first-order chi connectivity index (χ1) is 13.7. The zero-order valence-corrected chi connectivity index (χ0v) is 16.2. The van der Waals surface area contributed by atoms with E-state index in [1.807, 2.05) is 51.9 Å². The van der Waals surface area contributed by atoms with Gasteiger partial charge in [0.25, 0.3) is 0 Å². The predicted octanol–water partition coefficient (Wildman–Crippen LogP) is 2.70. The molecule has 3 heterocycles. The van der Waals surface area contributed by atoms with Crippen LogP contribution in [0.5, 0.6) is 11.5 Å². The van der Waals surface area contributed by atoms with Gasteiger partial charge < -0.3 is 14.4 Å². The molecule has 1 aromatic carbocycles. The van der Waals surface area contributed by atoms with E-state index in [1.165, 1.54) is 0 Å². The summed E-state index contributed by atoms with van der Waals surface area (Å²) in [5, 5.41) is 8.63. The highest BCUT2D eigenvalue weighted by Gasteiger charge is 2.28. The highest BCUT2D eigenvalue weighted by molar-refractivity contribution is 5.79. The first-order valence-corrected chi connectivity index (χ1v) is 9.48. The average Bonchev–Trinajstić information content (AvgIpc) is 3.18. The maximum atomic E-state index is 12.9. The van der Waals surface area contributed by atoms with Crippen LogP contribution in [0.4, 0.5) is 0 Å². The first-order valence-electron chi connectivity index (χ1n) is 9.48. The lowest BCUT2D eigenvalue weighted by atomic mass is 9.96. The van der Waals surface area contributed by atoms with Gasteiger partial charge in [-0.25, -0.2) is 0 Å². The van der Waals surface area contributed by atoms with Crippen molar-refractivity contribution < 1.29 is 14.3 Å². The average molecular weight is 380 g/mol. The molecule has 7 heteroatoms. The van der Waals surface area contributed by atoms with E-state index in [9.17, 15) is 4.79 Å². The second-order valence-electron chi connectivity index (χ2n) is 7.03. The van der Waals surface area contributed by atoms with E-state index < -0.39 is 0 Å². The highest BCUT2D eigenvalue weighted by atomic mass is 16.5. The van der Waals surface area contributed by atoms with Crippen molar-refractivity contribution in [1.82, 2.24) is 19.5 Å². The Hall–Kier alpha value is -3.09. The quantitative estimate of drug-likeness (QED) is 0.681. The van der Waals surface area contributed by atoms with Gasteiger partial charge in [0.15, 0.2) is 17.1 Å². The molecule has 1 saturated heterocycles. The zero-order valence-electron chi connectivity index (χ0n) is 16.2. The number of carbonyl (C=O) groups excluding carboxylic acids is 1. The van der Waals surface area contributed by atoms with Gasteiger partial charge in [0.2, 0.25) is 5.91 Å². The van der Waals surface area contributed by atoms with E-state index in [0.717, 1.165) is 36.4 Å². The Morgan fingerprint density at radius 1 is 1.14 bits per heavy atom. The smallest absolute Gasteiger partial charge is 0.227 e. The predicted molar refractivity (Wildman–Crippen MR) is 105 cm³/mol. The Labute approximate surface area is 163 Å². The number of hydrogen-bond acceptors (Lipinski definition) is 5. The van der Waals surface area contributed by atoms with Crippen molar-refractivity contribution in [1.29, 1.82) is 0 Å². The fourth-order valence-corrected chi connectivity index (χ4v) is 3.83. The molecule has 1 aliphatic heterocycles. The maximum absolute atomic E-state index is 12.9.